The van der Waals surface area contributed by atoms with Gasteiger partial charge in [0.25, 0.3) is 0 Å². The smallest absolute Gasteiger partial charge is 0.238 e. The maximum absolute atomic E-state index is 12.2. The Labute approximate surface area is 131 Å². The van der Waals surface area contributed by atoms with Gasteiger partial charge in [0.15, 0.2) is 0 Å². The molecule has 2 atom stereocenters. The average molecular weight is 311 g/mol. The fourth-order valence-electron chi connectivity index (χ4n) is 2.87. The molecule has 2 rings (SSSR count). The van der Waals surface area contributed by atoms with Crippen LogP contribution in [-0.4, -0.2) is 42.6 Å². The number of aryl methyl sites for hydroxylation is 2. The summed E-state index contributed by atoms with van der Waals surface area (Å²) in [7, 11) is 0. The molecular weight excluding hydrogens is 288 g/mol. The molecule has 0 radical (unpaired) electrons. The zero-order valence-corrected chi connectivity index (χ0v) is 13.8. The van der Waals surface area contributed by atoms with Gasteiger partial charge in [-0.25, -0.2) is 0 Å². The fraction of sp³-hybridized carbons (Fsp3) is 0.562. The van der Waals surface area contributed by atoms with Crippen LogP contribution in [0.25, 0.3) is 0 Å². The van der Waals surface area contributed by atoms with Gasteiger partial charge >= 0.3 is 0 Å². The monoisotopic (exact) mass is 310 g/mol. The molecule has 1 aromatic carbocycles. The molecule has 0 aromatic heterocycles. The Hall–Kier alpha value is -1.10. The van der Waals surface area contributed by atoms with Crippen LogP contribution in [0, 0.1) is 13.8 Å². The van der Waals surface area contributed by atoms with Gasteiger partial charge in [-0.3, -0.25) is 9.69 Å². The lowest BCUT2D eigenvalue weighted by molar-refractivity contribution is -0.121. The number of amides is 1. The minimum Gasteiger partial charge on any atom is -0.373 e. The standard InChI is InChI=1S/C16H23ClN2O2/c1-10-5-11(2)16(14(17)6-10)18-15(20)9-19-7-12(3)21-13(4)8-19/h5-6,12-13H,7-9H2,1-4H3,(H,18,20). The second-order valence-corrected chi connectivity index (χ2v) is 6.35. The third-order valence-electron chi connectivity index (χ3n) is 3.56. The number of rotatable bonds is 3. The molecule has 1 aromatic rings. The van der Waals surface area contributed by atoms with Crippen molar-refractivity contribution in [3.05, 3.63) is 28.3 Å². The maximum Gasteiger partial charge on any atom is 0.238 e. The summed E-state index contributed by atoms with van der Waals surface area (Å²) in [6.45, 7) is 9.91. The van der Waals surface area contributed by atoms with Gasteiger partial charge in [-0.1, -0.05) is 17.7 Å². The predicted octanol–water partition coefficient (Wildman–Crippen LogP) is 3.00. The third kappa shape index (κ3) is 4.43. The summed E-state index contributed by atoms with van der Waals surface area (Å²) < 4.78 is 5.67. The van der Waals surface area contributed by atoms with Crippen LogP contribution >= 0.6 is 11.6 Å². The summed E-state index contributed by atoms with van der Waals surface area (Å²) in [5.41, 5.74) is 2.78. The first-order valence-electron chi connectivity index (χ1n) is 7.29. The van der Waals surface area contributed by atoms with Gasteiger partial charge in [0.1, 0.15) is 0 Å². The van der Waals surface area contributed by atoms with Crippen molar-refractivity contribution in [2.75, 3.05) is 25.0 Å². The van der Waals surface area contributed by atoms with Crippen LogP contribution in [0.5, 0.6) is 0 Å². The second kappa shape index (κ2) is 6.77. The molecule has 5 heteroatoms. The van der Waals surface area contributed by atoms with Gasteiger partial charge in [0.2, 0.25) is 5.91 Å². The first-order valence-corrected chi connectivity index (χ1v) is 7.67. The number of morpholine rings is 1. The molecule has 1 amide bonds. The van der Waals surface area contributed by atoms with Gasteiger partial charge in [-0.2, -0.15) is 0 Å². The minimum absolute atomic E-state index is 0.0369. The number of carbonyl (C=O) groups excluding carboxylic acids is 1. The Morgan fingerprint density at radius 1 is 1.33 bits per heavy atom. The molecule has 0 bridgehead atoms. The molecule has 0 saturated carbocycles. The predicted molar refractivity (Wildman–Crippen MR) is 86.0 cm³/mol. The van der Waals surface area contributed by atoms with Crippen molar-refractivity contribution in [2.45, 2.75) is 39.9 Å². The Kier molecular flexibility index (Phi) is 5.25. The molecular formula is C16H23ClN2O2. The van der Waals surface area contributed by atoms with E-state index in [0.29, 0.717) is 17.3 Å². The lowest BCUT2D eigenvalue weighted by Gasteiger charge is -2.34. The van der Waals surface area contributed by atoms with Crippen molar-refractivity contribution in [1.29, 1.82) is 0 Å². The van der Waals surface area contributed by atoms with E-state index in [9.17, 15) is 4.79 Å². The van der Waals surface area contributed by atoms with Gasteiger partial charge in [0.05, 0.1) is 29.5 Å². The minimum atomic E-state index is -0.0369. The van der Waals surface area contributed by atoms with Crippen molar-refractivity contribution in [2.24, 2.45) is 0 Å². The Morgan fingerprint density at radius 3 is 2.52 bits per heavy atom. The number of halogens is 1. The van der Waals surface area contributed by atoms with Crippen molar-refractivity contribution in [1.82, 2.24) is 4.90 Å². The second-order valence-electron chi connectivity index (χ2n) is 5.94. The van der Waals surface area contributed by atoms with Crippen molar-refractivity contribution in [3.63, 3.8) is 0 Å². The first-order chi connectivity index (χ1) is 9.85. The van der Waals surface area contributed by atoms with E-state index in [2.05, 4.69) is 10.2 Å². The van der Waals surface area contributed by atoms with Crippen LogP contribution in [0.4, 0.5) is 5.69 Å². The molecule has 1 heterocycles. The zero-order valence-electron chi connectivity index (χ0n) is 13.1. The van der Waals surface area contributed by atoms with E-state index in [-0.39, 0.29) is 18.1 Å². The molecule has 0 spiro atoms. The molecule has 1 fully saturated rings. The largest absolute Gasteiger partial charge is 0.373 e. The number of ether oxygens (including phenoxy) is 1. The lowest BCUT2D eigenvalue weighted by Crippen LogP contribution is -2.48. The van der Waals surface area contributed by atoms with Crippen LogP contribution in [0.15, 0.2) is 12.1 Å². The molecule has 1 aliphatic rings. The Balaban J connectivity index is 1.99. The molecule has 0 aliphatic carbocycles. The SMILES string of the molecule is Cc1cc(C)c(NC(=O)CN2CC(C)OC(C)C2)c(Cl)c1. The van der Waals surface area contributed by atoms with Gasteiger partial charge in [-0.05, 0) is 44.9 Å². The van der Waals surface area contributed by atoms with E-state index in [4.69, 9.17) is 16.3 Å². The van der Waals surface area contributed by atoms with Crippen molar-refractivity contribution in [3.8, 4) is 0 Å². The summed E-state index contributed by atoms with van der Waals surface area (Å²) in [5.74, 6) is -0.0369. The Morgan fingerprint density at radius 2 is 1.95 bits per heavy atom. The number of hydrogen-bond donors (Lipinski definition) is 1. The van der Waals surface area contributed by atoms with E-state index in [0.717, 1.165) is 24.2 Å². The lowest BCUT2D eigenvalue weighted by atomic mass is 10.1. The van der Waals surface area contributed by atoms with E-state index >= 15 is 0 Å². The maximum atomic E-state index is 12.2. The topological polar surface area (TPSA) is 41.6 Å². The first kappa shape index (κ1) is 16.3. The van der Waals surface area contributed by atoms with Gasteiger partial charge < -0.3 is 10.1 Å². The van der Waals surface area contributed by atoms with Crippen LogP contribution < -0.4 is 5.32 Å². The van der Waals surface area contributed by atoms with Crippen LogP contribution in [0.1, 0.15) is 25.0 Å². The highest BCUT2D eigenvalue weighted by Gasteiger charge is 2.24. The molecule has 4 nitrogen and oxygen atoms in total. The number of nitrogens with one attached hydrogen (secondary N) is 1. The molecule has 21 heavy (non-hydrogen) atoms. The van der Waals surface area contributed by atoms with Crippen molar-refractivity contribution < 1.29 is 9.53 Å². The highest BCUT2D eigenvalue weighted by atomic mass is 35.5. The summed E-state index contributed by atoms with van der Waals surface area (Å²) in [6.07, 6.45) is 0.317. The van der Waals surface area contributed by atoms with E-state index in [1.54, 1.807) is 0 Å². The number of carbonyl (C=O) groups is 1. The molecule has 1 N–H and O–H groups in total. The van der Waals surface area contributed by atoms with E-state index in [1.165, 1.54) is 0 Å². The van der Waals surface area contributed by atoms with Crippen LogP contribution in [0.3, 0.4) is 0 Å². The average Bonchev–Trinajstić information content (AvgIpc) is 2.32. The summed E-state index contributed by atoms with van der Waals surface area (Å²) in [6, 6.07) is 3.88. The van der Waals surface area contributed by atoms with E-state index < -0.39 is 0 Å². The highest BCUT2D eigenvalue weighted by Crippen LogP contribution is 2.27. The summed E-state index contributed by atoms with van der Waals surface area (Å²) in [4.78, 5) is 14.3. The van der Waals surface area contributed by atoms with Gasteiger partial charge in [0, 0.05) is 13.1 Å². The number of nitrogens with zero attached hydrogens (tertiary/aromatic N) is 1. The fourth-order valence-corrected chi connectivity index (χ4v) is 3.24. The normalized spacial score (nSPS) is 23.1. The number of hydrogen-bond acceptors (Lipinski definition) is 3. The molecule has 116 valence electrons. The number of anilines is 1. The Bertz CT molecular complexity index is 500. The van der Waals surface area contributed by atoms with Crippen LogP contribution in [-0.2, 0) is 9.53 Å². The highest BCUT2D eigenvalue weighted by molar-refractivity contribution is 6.34. The van der Waals surface area contributed by atoms with Crippen LogP contribution in [0.2, 0.25) is 5.02 Å². The van der Waals surface area contributed by atoms with Crippen molar-refractivity contribution >= 4 is 23.2 Å². The summed E-state index contributed by atoms with van der Waals surface area (Å²) >= 11 is 6.22. The van der Waals surface area contributed by atoms with Gasteiger partial charge in [-0.15, -0.1) is 0 Å². The quantitative estimate of drug-likeness (QED) is 0.933. The van der Waals surface area contributed by atoms with E-state index in [1.807, 2.05) is 39.8 Å². The molecule has 2 unspecified atom stereocenters. The zero-order chi connectivity index (χ0) is 15.6. The molecule has 1 saturated heterocycles. The summed E-state index contributed by atoms with van der Waals surface area (Å²) in [5, 5.41) is 3.52. The number of benzene rings is 1. The molecule has 1 aliphatic heterocycles. The third-order valence-corrected chi connectivity index (χ3v) is 3.86.